The molecule has 2 aromatic rings. The van der Waals surface area contributed by atoms with Crippen LogP contribution in [0.2, 0.25) is 5.02 Å². The van der Waals surface area contributed by atoms with Gasteiger partial charge in [0.25, 0.3) is 5.91 Å². The molecule has 0 spiro atoms. The van der Waals surface area contributed by atoms with Crippen LogP contribution in [0.25, 0.3) is 0 Å². The molecule has 2 N–H and O–H groups in total. The summed E-state index contributed by atoms with van der Waals surface area (Å²) in [5, 5.41) is 7.27. The Hall–Kier alpha value is -2.66. The molecule has 2 rings (SSSR count). The number of anilines is 1. The highest BCUT2D eigenvalue weighted by Crippen LogP contribution is 2.11. The predicted octanol–water partition coefficient (Wildman–Crippen LogP) is 3.84. The van der Waals surface area contributed by atoms with Gasteiger partial charge in [-0.25, -0.2) is 5.43 Å². The lowest BCUT2D eigenvalue weighted by Gasteiger charge is -2.05. The summed E-state index contributed by atoms with van der Waals surface area (Å²) in [6.07, 6.45) is 2.78. The zero-order valence-corrected chi connectivity index (χ0v) is 14.0. The minimum atomic E-state index is -0.334. The molecule has 0 heterocycles. The van der Waals surface area contributed by atoms with Gasteiger partial charge in [-0.1, -0.05) is 30.7 Å². The lowest BCUT2D eigenvalue weighted by atomic mass is 10.2. The molecule has 6 heteroatoms. The van der Waals surface area contributed by atoms with Gasteiger partial charge in [0.2, 0.25) is 5.91 Å². The fourth-order valence-corrected chi connectivity index (χ4v) is 2.17. The minimum Gasteiger partial charge on any atom is -0.326 e. The van der Waals surface area contributed by atoms with Gasteiger partial charge in [0.1, 0.15) is 0 Å². The zero-order chi connectivity index (χ0) is 17.4. The molecule has 2 aromatic carbocycles. The third-order valence-electron chi connectivity index (χ3n) is 3.14. The van der Waals surface area contributed by atoms with Crippen LogP contribution >= 0.6 is 11.6 Å². The van der Waals surface area contributed by atoms with Crippen LogP contribution in [0.1, 0.15) is 35.7 Å². The number of benzene rings is 2. The highest BCUT2D eigenvalue weighted by Gasteiger charge is 2.05. The lowest BCUT2D eigenvalue weighted by molar-refractivity contribution is -0.116. The van der Waals surface area contributed by atoms with E-state index in [1.807, 2.05) is 13.0 Å². The first-order valence-corrected chi connectivity index (χ1v) is 7.95. The molecule has 0 saturated carbocycles. The summed E-state index contributed by atoms with van der Waals surface area (Å²) in [4.78, 5) is 23.5. The number of rotatable bonds is 6. The molecule has 0 aliphatic heterocycles. The second kappa shape index (κ2) is 8.84. The molecule has 0 aliphatic rings. The van der Waals surface area contributed by atoms with E-state index in [1.165, 1.54) is 6.21 Å². The van der Waals surface area contributed by atoms with Crippen LogP contribution < -0.4 is 10.7 Å². The number of amides is 2. The standard InChI is InChI=1S/C18H18ClN3O2/c1-2-4-17(23)21-16-9-7-14(8-10-16)18(24)22-20-12-13-5-3-6-15(19)11-13/h3,5-12H,2,4H2,1H3,(H,21,23)(H,22,24)/b20-12+. The lowest BCUT2D eigenvalue weighted by Crippen LogP contribution is -2.17. The number of halogens is 1. The number of nitrogens with one attached hydrogen (secondary N) is 2. The Morgan fingerprint density at radius 3 is 2.58 bits per heavy atom. The maximum Gasteiger partial charge on any atom is 0.271 e. The summed E-state index contributed by atoms with van der Waals surface area (Å²) in [6, 6.07) is 13.8. The van der Waals surface area contributed by atoms with Crippen LogP contribution in [0.3, 0.4) is 0 Å². The molecule has 0 unspecified atom stereocenters. The fourth-order valence-electron chi connectivity index (χ4n) is 1.97. The number of carbonyl (C=O) groups is 2. The van der Waals surface area contributed by atoms with E-state index in [1.54, 1.807) is 42.5 Å². The van der Waals surface area contributed by atoms with Crippen molar-refractivity contribution in [2.45, 2.75) is 19.8 Å². The minimum absolute atomic E-state index is 0.0409. The second-order valence-electron chi connectivity index (χ2n) is 5.13. The quantitative estimate of drug-likeness (QED) is 0.618. The predicted molar refractivity (Wildman–Crippen MR) is 96.5 cm³/mol. The summed E-state index contributed by atoms with van der Waals surface area (Å²) in [5.41, 5.74) is 4.35. The fraction of sp³-hybridized carbons (Fsp3) is 0.167. The number of nitrogens with zero attached hydrogens (tertiary/aromatic N) is 1. The first-order chi connectivity index (χ1) is 11.6. The van der Waals surface area contributed by atoms with Gasteiger partial charge in [0, 0.05) is 22.7 Å². The molecular weight excluding hydrogens is 326 g/mol. The Morgan fingerprint density at radius 1 is 1.17 bits per heavy atom. The largest absolute Gasteiger partial charge is 0.326 e. The summed E-state index contributed by atoms with van der Waals surface area (Å²) in [6.45, 7) is 1.94. The molecule has 0 atom stereocenters. The molecule has 0 fully saturated rings. The molecule has 0 saturated heterocycles. The topological polar surface area (TPSA) is 70.6 Å². The molecule has 24 heavy (non-hydrogen) atoms. The molecule has 5 nitrogen and oxygen atoms in total. The van der Waals surface area contributed by atoms with Crippen molar-refractivity contribution in [1.82, 2.24) is 5.43 Å². The molecule has 0 aliphatic carbocycles. The Bertz CT molecular complexity index is 742. The van der Waals surface area contributed by atoms with Crippen LogP contribution in [-0.2, 0) is 4.79 Å². The number of hydrogen-bond donors (Lipinski definition) is 2. The van der Waals surface area contributed by atoms with E-state index < -0.39 is 0 Å². The van der Waals surface area contributed by atoms with Gasteiger partial charge in [-0.3, -0.25) is 9.59 Å². The highest BCUT2D eigenvalue weighted by atomic mass is 35.5. The summed E-state index contributed by atoms with van der Waals surface area (Å²) < 4.78 is 0. The van der Waals surface area contributed by atoms with E-state index in [0.29, 0.717) is 22.7 Å². The van der Waals surface area contributed by atoms with Gasteiger partial charge in [0.05, 0.1) is 6.21 Å². The summed E-state index contributed by atoms with van der Waals surface area (Å²) in [7, 11) is 0. The SMILES string of the molecule is CCCC(=O)Nc1ccc(C(=O)N/N=C/c2cccc(Cl)c2)cc1. The molecular formula is C18H18ClN3O2. The Morgan fingerprint density at radius 2 is 1.92 bits per heavy atom. The van der Waals surface area contributed by atoms with E-state index in [4.69, 9.17) is 11.6 Å². The molecule has 0 bridgehead atoms. The number of hydrogen-bond acceptors (Lipinski definition) is 3. The van der Waals surface area contributed by atoms with E-state index >= 15 is 0 Å². The first-order valence-electron chi connectivity index (χ1n) is 7.57. The van der Waals surface area contributed by atoms with E-state index in [9.17, 15) is 9.59 Å². The molecule has 124 valence electrons. The van der Waals surface area contributed by atoms with Gasteiger partial charge >= 0.3 is 0 Å². The Labute approximate surface area is 145 Å². The van der Waals surface area contributed by atoms with Gasteiger partial charge in [0.15, 0.2) is 0 Å². The van der Waals surface area contributed by atoms with Crippen LogP contribution in [0.15, 0.2) is 53.6 Å². The summed E-state index contributed by atoms with van der Waals surface area (Å²) >= 11 is 5.87. The zero-order valence-electron chi connectivity index (χ0n) is 13.3. The van der Waals surface area contributed by atoms with Crippen molar-refractivity contribution >= 4 is 35.3 Å². The van der Waals surface area contributed by atoms with Crippen molar-refractivity contribution < 1.29 is 9.59 Å². The Balaban J connectivity index is 1.91. The van der Waals surface area contributed by atoms with Crippen molar-refractivity contribution in [1.29, 1.82) is 0 Å². The maximum absolute atomic E-state index is 12.0. The van der Waals surface area contributed by atoms with E-state index in [-0.39, 0.29) is 11.8 Å². The average molecular weight is 344 g/mol. The summed E-state index contributed by atoms with van der Waals surface area (Å²) in [5.74, 6) is -0.375. The third kappa shape index (κ3) is 5.52. The van der Waals surface area contributed by atoms with Gasteiger partial charge in [-0.2, -0.15) is 5.10 Å². The van der Waals surface area contributed by atoms with Crippen LogP contribution in [-0.4, -0.2) is 18.0 Å². The smallest absolute Gasteiger partial charge is 0.271 e. The Kier molecular flexibility index (Phi) is 6.51. The number of carbonyl (C=O) groups excluding carboxylic acids is 2. The van der Waals surface area contributed by atoms with Crippen molar-refractivity contribution in [3.05, 3.63) is 64.7 Å². The maximum atomic E-state index is 12.0. The van der Waals surface area contributed by atoms with Crippen molar-refractivity contribution in [2.24, 2.45) is 5.10 Å². The van der Waals surface area contributed by atoms with Crippen molar-refractivity contribution in [3.63, 3.8) is 0 Å². The number of hydrazone groups is 1. The van der Waals surface area contributed by atoms with Gasteiger partial charge in [-0.05, 0) is 48.4 Å². The molecule has 0 aromatic heterocycles. The van der Waals surface area contributed by atoms with Gasteiger partial charge in [-0.15, -0.1) is 0 Å². The van der Waals surface area contributed by atoms with Crippen LogP contribution in [0.5, 0.6) is 0 Å². The normalized spacial score (nSPS) is 10.6. The van der Waals surface area contributed by atoms with Crippen molar-refractivity contribution in [3.8, 4) is 0 Å². The van der Waals surface area contributed by atoms with Crippen LogP contribution in [0, 0.1) is 0 Å². The monoisotopic (exact) mass is 343 g/mol. The van der Waals surface area contributed by atoms with Crippen LogP contribution in [0.4, 0.5) is 5.69 Å². The third-order valence-corrected chi connectivity index (χ3v) is 3.37. The molecule has 0 radical (unpaired) electrons. The average Bonchev–Trinajstić information content (AvgIpc) is 2.55. The first kappa shape index (κ1) is 17.7. The van der Waals surface area contributed by atoms with Crippen molar-refractivity contribution in [2.75, 3.05) is 5.32 Å². The molecule has 2 amide bonds. The van der Waals surface area contributed by atoms with E-state index in [2.05, 4.69) is 15.8 Å². The second-order valence-corrected chi connectivity index (χ2v) is 5.57. The van der Waals surface area contributed by atoms with Gasteiger partial charge < -0.3 is 5.32 Å². The highest BCUT2D eigenvalue weighted by molar-refractivity contribution is 6.30. The van der Waals surface area contributed by atoms with E-state index in [0.717, 1.165) is 12.0 Å².